The van der Waals surface area contributed by atoms with Crippen LogP contribution in [0.3, 0.4) is 0 Å². The molecule has 1 atom stereocenters. The lowest BCUT2D eigenvalue weighted by atomic mass is 9.77. The summed E-state index contributed by atoms with van der Waals surface area (Å²) in [4.78, 5) is 0.0173. The normalized spacial score (nSPS) is 21.4. The average molecular weight is 375 g/mol. The maximum Gasteiger partial charge on any atom is 0.177 e. The Bertz CT molecular complexity index is 814. The van der Waals surface area contributed by atoms with Crippen molar-refractivity contribution in [1.82, 2.24) is 5.32 Å². The summed E-state index contributed by atoms with van der Waals surface area (Å²) in [5.74, 6) is 0. The van der Waals surface area contributed by atoms with Crippen molar-refractivity contribution in [1.29, 1.82) is 0 Å². The summed E-state index contributed by atoms with van der Waals surface area (Å²) in [5, 5.41) is 6.65. The summed E-state index contributed by atoms with van der Waals surface area (Å²) in [6.45, 7) is 5.90. The molecule has 0 amide bonds. The maximum absolute atomic E-state index is 12.1. The van der Waals surface area contributed by atoms with Gasteiger partial charge in [0.05, 0.1) is 15.5 Å². The lowest BCUT2D eigenvalue weighted by Gasteiger charge is -2.39. The van der Waals surface area contributed by atoms with E-state index in [4.69, 9.17) is 0 Å². The summed E-state index contributed by atoms with van der Waals surface area (Å²) in [7, 11) is -7.01. The Hall–Kier alpha value is -1.12. The Morgan fingerprint density at radius 1 is 1.17 bits per heavy atom. The standard InChI is InChI=1S/C16H26N2O4S2/c1-16(2)8-5-9-17-15(16)11-18-13-7-6-12(23(3,19)20)10-14(13)24(4,21)22/h6-7,10,15,17-18H,5,8-9,11H2,1-4H3. The van der Waals surface area contributed by atoms with Crippen LogP contribution in [0.5, 0.6) is 0 Å². The second-order valence-corrected chi connectivity index (χ2v) is 11.2. The van der Waals surface area contributed by atoms with Crippen LogP contribution in [0.15, 0.2) is 28.0 Å². The zero-order chi connectivity index (χ0) is 18.2. The molecular formula is C16H26N2O4S2. The van der Waals surface area contributed by atoms with E-state index in [1.807, 2.05) is 0 Å². The number of sulfone groups is 2. The minimum Gasteiger partial charge on any atom is -0.382 e. The minimum absolute atomic E-state index is 0.00426. The number of rotatable bonds is 5. The molecule has 0 bridgehead atoms. The van der Waals surface area contributed by atoms with Crippen LogP contribution in [0.4, 0.5) is 5.69 Å². The summed E-state index contributed by atoms with van der Waals surface area (Å²) < 4.78 is 47.5. The van der Waals surface area contributed by atoms with Crippen LogP contribution < -0.4 is 10.6 Å². The minimum atomic E-state index is -3.55. The molecule has 136 valence electrons. The molecule has 24 heavy (non-hydrogen) atoms. The number of anilines is 1. The fourth-order valence-corrected chi connectivity index (χ4v) is 4.62. The molecule has 0 radical (unpaired) electrons. The van der Waals surface area contributed by atoms with Crippen molar-refractivity contribution in [2.45, 2.75) is 42.5 Å². The van der Waals surface area contributed by atoms with E-state index in [0.717, 1.165) is 31.9 Å². The van der Waals surface area contributed by atoms with Gasteiger partial charge in [-0.2, -0.15) is 0 Å². The van der Waals surface area contributed by atoms with Crippen LogP contribution in [0, 0.1) is 5.41 Å². The topological polar surface area (TPSA) is 92.3 Å². The molecule has 2 N–H and O–H groups in total. The zero-order valence-electron chi connectivity index (χ0n) is 14.6. The Morgan fingerprint density at radius 2 is 1.83 bits per heavy atom. The second kappa shape index (κ2) is 6.65. The van der Waals surface area contributed by atoms with E-state index in [1.54, 1.807) is 0 Å². The molecule has 0 aliphatic carbocycles. The highest BCUT2D eigenvalue weighted by Gasteiger charge is 2.32. The first-order valence-corrected chi connectivity index (χ1v) is 11.7. The van der Waals surface area contributed by atoms with Crippen molar-refractivity contribution in [3.05, 3.63) is 18.2 Å². The first kappa shape index (κ1) is 19.2. The van der Waals surface area contributed by atoms with E-state index in [0.29, 0.717) is 12.2 Å². The highest BCUT2D eigenvalue weighted by Crippen LogP contribution is 2.31. The van der Waals surface area contributed by atoms with E-state index in [2.05, 4.69) is 24.5 Å². The van der Waals surface area contributed by atoms with Gasteiger partial charge in [0, 0.05) is 25.1 Å². The first-order chi connectivity index (χ1) is 10.9. The smallest absolute Gasteiger partial charge is 0.177 e. The maximum atomic E-state index is 12.1. The molecular weight excluding hydrogens is 348 g/mol. The highest BCUT2D eigenvalue weighted by atomic mass is 32.2. The molecule has 1 unspecified atom stereocenters. The van der Waals surface area contributed by atoms with Crippen LogP contribution in [-0.2, 0) is 19.7 Å². The van der Waals surface area contributed by atoms with E-state index in [-0.39, 0.29) is 21.2 Å². The molecule has 0 aromatic heterocycles. The van der Waals surface area contributed by atoms with Crippen molar-refractivity contribution in [3.8, 4) is 0 Å². The molecule has 6 nitrogen and oxygen atoms in total. The molecule has 1 fully saturated rings. The lowest BCUT2D eigenvalue weighted by molar-refractivity contribution is 0.188. The van der Waals surface area contributed by atoms with Crippen molar-refractivity contribution in [2.75, 3.05) is 30.9 Å². The van der Waals surface area contributed by atoms with Crippen molar-refractivity contribution >= 4 is 25.4 Å². The summed E-state index contributed by atoms with van der Waals surface area (Å²) in [5.41, 5.74) is 0.552. The van der Waals surface area contributed by atoms with Gasteiger partial charge >= 0.3 is 0 Å². The largest absolute Gasteiger partial charge is 0.382 e. The van der Waals surface area contributed by atoms with Crippen LogP contribution in [0.2, 0.25) is 0 Å². The van der Waals surface area contributed by atoms with Crippen LogP contribution >= 0.6 is 0 Å². The van der Waals surface area contributed by atoms with Gasteiger partial charge in [0.25, 0.3) is 0 Å². The van der Waals surface area contributed by atoms with Gasteiger partial charge in [0.2, 0.25) is 0 Å². The first-order valence-electron chi connectivity index (χ1n) is 7.93. The summed E-state index contributed by atoms with van der Waals surface area (Å²) >= 11 is 0. The number of benzene rings is 1. The van der Waals surface area contributed by atoms with Gasteiger partial charge in [-0.25, -0.2) is 16.8 Å². The number of nitrogens with one attached hydrogen (secondary N) is 2. The Labute approximate surface area is 144 Å². The third kappa shape index (κ3) is 4.49. The zero-order valence-corrected chi connectivity index (χ0v) is 16.2. The van der Waals surface area contributed by atoms with E-state index >= 15 is 0 Å². The van der Waals surface area contributed by atoms with Gasteiger partial charge in [0.15, 0.2) is 19.7 Å². The van der Waals surface area contributed by atoms with Crippen molar-refractivity contribution in [2.24, 2.45) is 5.41 Å². The van der Waals surface area contributed by atoms with Crippen LogP contribution in [-0.4, -0.2) is 48.5 Å². The van der Waals surface area contributed by atoms with Crippen molar-refractivity contribution in [3.63, 3.8) is 0 Å². The molecule has 1 aromatic carbocycles. The average Bonchev–Trinajstić information content (AvgIpc) is 2.43. The number of piperidine rings is 1. The fraction of sp³-hybridized carbons (Fsp3) is 0.625. The van der Waals surface area contributed by atoms with E-state index in [1.165, 1.54) is 18.2 Å². The highest BCUT2D eigenvalue weighted by molar-refractivity contribution is 7.91. The number of hydrogen-bond acceptors (Lipinski definition) is 6. The quantitative estimate of drug-likeness (QED) is 0.815. The van der Waals surface area contributed by atoms with Crippen LogP contribution in [0.1, 0.15) is 26.7 Å². The monoisotopic (exact) mass is 374 g/mol. The molecule has 1 aliphatic heterocycles. The van der Waals surface area contributed by atoms with E-state index < -0.39 is 19.7 Å². The number of hydrogen-bond donors (Lipinski definition) is 2. The molecule has 8 heteroatoms. The van der Waals surface area contributed by atoms with Gasteiger partial charge in [-0.3, -0.25) is 0 Å². The van der Waals surface area contributed by atoms with Gasteiger partial charge < -0.3 is 10.6 Å². The third-order valence-corrected chi connectivity index (χ3v) is 6.86. The Morgan fingerprint density at radius 3 is 2.38 bits per heavy atom. The summed E-state index contributed by atoms with van der Waals surface area (Å²) in [6.07, 6.45) is 4.39. The predicted molar refractivity (Wildman–Crippen MR) is 96.0 cm³/mol. The summed E-state index contributed by atoms with van der Waals surface area (Å²) in [6, 6.07) is 4.41. The fourth-order valence-electron chi connectivity index (χ4n) is 3.02. The van der Waals surface area contributed by atoms with Crippen LogP contribution in [0.25, 0.3) is 0 Å². The molecule has 1 saturated heterocycles. The molecule has 1 aliphatic rings. The third-order valence-electron chi connectivity index (χ3n) is 4.61. The Balaban J connectivity index is 2.30. The second-order valence-electron chi connectivity index (χ2n) is 7.18. The molecule has 2 rings (SSSR count). The molecule has 1 heterocycles. The van der Waals surface area contributed by atoms with E-state index in [9.17, 15) is 16.8 Å². The Kier molecular flexibility index (Phi) is 5.32. The van der Waals surface area contributed by atoms with Gasteiger partial charge in [-0.15, -0.1) is 0 Å². The van der Waals surface area contributed by atoms with Gasteiger partial charge in [-0.1, -0.05) is 13.8 Å². The molecule has 0 saturated carbocycles. The van der Waals surface area contributed by atoms with Gasteiger partial charge in [0.1, 0.15) is 0 Å². The van der Waals surface area contributed by atoms with Gasteiger partial charge in [-0.05, 0) is 43.0 Å². The molecule has 0 spiro atoms. The lowest BCUT2D eigenvalue weighted by Crippen LogP contribution is -2.50. The molecule has 1 aromatic rings. The SMILES string of the molecule is CC1(C)CCCNC1CNc1ccc(S(C)(=O)=O)cc1S(C)(=O)=O. The van der Waals surface area contributed by atoms with Crippen molar-refractivity contribution < 1.29 is 16.8 Å². The predicted octanol–water partition coefficient (Wildman–Crippen LogP) is 1.68.